The maximum atomic E-state index is 12.1. The van der Waals surface area contributed by atoms with Gasteiger partial charge in [0.15, 0.2) is 0 Å². The molecule has 0 saturated carbocycles. The summed E-state index contributed by atoms with van der Waals surface area (Å²) in [5.41, 5.74) is 2.47. The number of ether oxygens (including phenoxy) is 8. The Morgan fingerprint density at radius 3 is 1.44 bits per heavy atom. The van der Waals surface area contributed by atoms with Crippen molar-refractivity contribution in [1.29, 1.82) is 0 Å². The number of carbonyl (C=O) groups is 1. The number of aryl methyl sites for hydroxylation is 1. The number of nitrogens with one attached hydrogen (secondary N) is 1. The first kappa shape index (κ1) is 41.5. The fourth-order valence-corrected chi connectivity index (χ4v) is 4.70. The van der Waals surface area contributed by atoms with Crippen LogP contribution in [0.2, 0.25) is 0 Å². The highest BCUT2D eigenvalue weighted by Crippen LogP contribution is 2.13. The molecular weight excluding hydrogens is 646 g/mol. The van der Waals surface area contributed by atoms with Crippen LogP contribution in [0.1, 0.15) is 35.7 Å². The largest absolute Gasteiger partial charge is 0.460 e. The van der Waals surface area contributed by atoms with Crippen LogP contribution in [0.4, 0.5) is 5.69 Å². The summed E-state index contributed by atoms with van der Waals surface area (Å²) in [4.78, 5) is 12.2. The lowest BCUT2D eigenvalue weighted by Gasteiger charge is -2.09. The van der Waals surface area contributed by atoms with Crippen molar-refractivity contribution in [3.63, 3.8) is 0 Å². The number of benzene rings is 2. The zero-order valence-corrected chi connectivity index (χ0v) is 29.2. The normalized spacial score (nSPS) is 11.5. The average Bonchev–Trinajstić information content (AvgIpc) is 3.08. The van der Waals surface area contributed by atoms with Crippen molar-refractivity contribution in [1.82, 2.24) is 0 Å². The van der Waals surface area contributed by atoms with Crippen LogP contribution in [0.15, 0.2) is 53.4 Å². The van der Waals surface area contributed by atoms with E-state index in [0.29, 0.717) is 91.5 Å². The van der Waals surface area contributed by atoms with Gasteiger partial charge in [-0.2, -0.15) is 8.42 Å². The van der Waals surface area contributed by atoms with Crippen molar-refractivity contribution in [3.05, 3.63) is 59.7 Å². The van der Waals surface area contributed by atoms with E-state index < -0.39 is 10.1 Å². The second-order valence-electron chi connectivity index (χ2n) is 10.4. The third-order valence-corrected chi connectivity index (χ3v) is 7.78. The van der Waals surface area contributed by atoms with Crippen LogP contribution in [0.3, 0.4) is 0 Å². The first-order chi connectivity index (χ1) is 23.4. The van der Waals surface area contributed by atoms with E-state index in [-0.39, 0.29) is 30.7 Å². The third-order valence-electron chi connectivity index (χ3n) is 6.45. The maximum absolute atomic E-state index is 12.1. The van der Waals surface area contributed by atoms with E-state index in [4.69, 9.17) is 42.1 Å². The SMILES string of the molecule is CCCCNc1ccc(C(=O)OCCOCCOCCOCCOCCOCCOCCOCCOS(=O)(=O)c2ccc(C)cc2)cc1. The van der Waals surface area contributed by atoms with Crippen LogP contribution in [0, 0.1) is 6.92 Å². The Balaban J connectivity index is 1.25. The molecule has 0 fully saturated rings. The molecule has 0 aliphatic carbocycles. The van der Waals surface area contributed by atoms with Gasteiger partial charge in [-0.15, -0.1) is 0 Å². The van der Waals surface area contributed by atoms with Crippen molar-refractivity contribution in [3.8, 4) is 0 Å². The number of carbonyl (C=O) groups excluding carboxylic acids is 1. The topological polar surface area (TPSA) is 146 Å². The summed E-state index contributed by atoms with van der Waals surface area (Å²) in [5, 5.41) is 3.31. The second-order valence-corrected chi connectivity index (χ2v) is 12.0. The summed E-state index contributed by atoms with van der Waals surface area (Å²) in [6, 6.07) is 13.7. The fourth-order valence-electron chi connectivity index (χ4n) is 3.81. The molecule has 0 unspecified atom stereocenters. The summed E-state index contributed by atoms with van der Waals surface area (Å²) in [7, 11) is -3.78. The molecule has 2 rings (SSSR count). The molecule has 272 valence electrons. The molecule has 0 saturated heterocycles. The van der Waals surface area contributed by atoms with Crippen LogP contribution in [-0.4, -0.2) is 127 Å². The average molecular weight is 700 g/mol. The van der Waals surface area contributed by atoms with Crippen LogP contribution in [-0.2, 0) is 52.2 Å². The van der Waals surface area contributed by atoms with Crippen molar-refractivity contribution >= 4 is 21.8 Å². The molecule has 0 amide bonds. The monoisotopic (exact) mass is 699 g/mol. The van der Waals surface area contributed by atoms with Crippen molar-refractivity contribution < 1.29 is 55.3 Å². The quantitative estimate of drug-likeness (QED) is 0.0691. The Morgan fingerprint density at radius 2 is 1.00 bits per heavy atom. The van der Waals surface area contributed by atoms with Gasteiger partial charge < -0.3 is 43.2 Å². The number of unbranched alkanes of at least 4 members (excludes halogenated alkanes) is 1. The number of esters is 1. The third kappa shape index (κ3) is 20.6. The predicted molar refractivity (Wildman–Crippen MR) is 180 cm³/mol. The van der Waals surface area contributed by atoms with Gasteiger partial charge in [-0.25, -0.2) is 4.79 Å². The number of anilines is 1. The molecule has 0 spiro atoms. The van der Waals surface area contributed by atoms with Crippen LogP contribution in [0.25, 0.3) is 0 Å². The summed E-state index contributed by atoms with van der Waals surface area (Å²) in [6.07, 6.45) is 2.23. The second kappa shape index (κ2) is 27.2. The number of hydrogen-bond donors (Lipinski definition) is 1. The molecule has 0 aliphatic rings. The standard InChI is InChI=1S/C34H53NO12S/c1-3-4-13-35-32-9-7-31(8-10-32)34(36)46-28-26-44-24-22-42-20-18-40-16-14-39-15-17-41-19-21-43-23-25-45-27-29-47-48(37,38)33-11-5-30(2)6-12-33/h5-12,35H,3-4,13-29H2,1-2H3. The summed E-state index contributed by atoms with van der Waals surface area (Å²) >= 11 is 0. The molecule has 13 nitrogen and oxygen atoms in total. The maximum Gasteiger partial charge on any atom is 0.338 e. The molecule has 2 aromatic carbocycles. The van der Waals surface area contributed by atoms with E-state index in [9.17, 15) is 13.2 Å². The van der Waals surface area contributed by atoms with Gasteiger partial charge in [-0.1, -0.05) is 31.0 Å². The minimum atomic E-state index is -3.78. The lowest BCUT2D eigenvalue weighted by molar-refractivity contribution is -0.0228. The minimum Gasteiger partial charge on any atom is -0.460 e. The molecular formula is C34H53NO12S. The van der Waals surface area contributed by atoms with Gasteiger partial charge in [0.05, 0.1) is 110 Å². The van der Waals surface area contributed by atoms with Gasteiger partial charge >= 0.3 is 5.97 Å². The Morgan fingerprint density at radius 1 is 0.583 bits per heavy atom. The van der Waals surface area contributed by atoms with E-state index >= 15 is 0 Å². The van der Waals surface area contributed by atoms with Gasteiger partial charge in [-0.3, -0.25) is 4.18 Å². The van der Waals surface area contributed by atoms with E-state index in [1.165, 1.54) is 12.1 Å². The van der Waals surface area contributed by atoms with Gasteiger partial charge in [0.1, 0.15) is 6.61 Å². The zero-order chi connectivity index (χ0) is 34.5. The van der Waals surface area contributed by atoms with Crippen molar-refractivity contribution in [2.45, 2.75) is 31.6 Å². The van der Waals surface area contributed by atoms with Gasteiger partial charge in [0.2, 0.25) is 0 Å². The van der Waals surface area contributed by atoms with E-state index in [1.807, 2.05) is 19.1 Å². The predicted octanol–water partition coefficient (Wildman–Crippen LogP) is 3.89. The molecule has 0 bridgehead atoms. The fraction of sp³-hybridized carbons (Fsp3) is 0.618. The summed E-state index contributed by atoms with van der Waals surface area (Å²) < 4.78 is 72.4. The van der Waals surface area contributed by atoms with Gasteiger partial charge in [0, 0.05) is 12.2 Å². The van der Waals surface area contributed by atoms with Crippen LogP contribution < -0.4 is 5.32 Å². The van der Waals surface area contributed by atoms with E-state index in [1.54, 1.807) is 24.3 Å². The zero-order valence-electron chi connectivity index (χ0n) is 28.4. The highest BCUT2D eigenvalue weighted by molar-refractivity contribution is 7.86. The molecule has 1 N–H and O–H groups in total. The molecule has 0 atom stereocenters. The summed E-state index contributed by atoms with van der Waals surface area (Å²) in [6.45, 7) is 10.5. The first-order valence-corrected chi connectivity index (χ1v) is 17.8. The van der Waals surface area contributed by atoms with Crippen molar-refractivity contribution in [2.75, 3.05) is 118 Å². The Hall–Kier alpha value is -2.66. The van der Waals surface area contributed by atoms with E-state index in [2.05, 4.69) is 12.2 Å². The lowest BCUT2D eigenvalue weighted by Crippen LogP contribution is -2.16. The van der Waals surface area contributed by atoms with Gasteiger partial charge in [-0.05, 0) is 49.7 Å². The molecule has 0 radical (unpaired) electrons. The van der Waals surface area contributed by atoms with Crippen LogP contribution >= 0.6 is 0 Å². The van der Waals surface area contributed by atoms with E-state index in [0.717, 1.165) is 30.6 Å². The molecule has 0 aromatic heterocycles. The first-order valence-electron chi connectivity index (χ1n) is 16.4. The minimum absolute atomic E-state index is 0.0646. The molecule has 0 heterocycles. The highest BCUT2D eigenvalue weighted by Gasteiger charge is 2.14. The van der Waals surface area contributed by atoms with Crippen LogP contribution in [0.5, 0.6) is 0 Å². The molecule has 14 heteroatoms. The Kier molecular flexibility index (Phi) is 23.5. The Bertz CT molecular complexity index is 1180. The number of hydrogen-bond acceptors (Lipinski definition) is 13. The molecule has 2 aromatic rings. The molecule has 0 aliphatic heterocycles. The Labute approximate surface area is 285 Å². The van der Waals surface area contributed by atoms with Gasteiger partial charge in [0.25, 0.3) is 10.1 Å². The lowest BCUT2D eigenvalue weighted by atomic mass is 10.2. The van der Waals surface area contributed by atoms with Crippen molar-refractivity contribution in [2.24, 2.45) is 0 Å². The molecule has 48 heavy (non-hydrogen) atoms. The number of rotatable bonds is 31. The summed E-state index contributed by atoms with van der Waals surface area (Å²) in [5.74, 6) is -0.371. The smallest absolute Gasteiger partial charge is 0.338 e. The highest BCUT2D eigenvalue weighted by atomic mass is 32.2.